The SMILES string of the molecule is CCN(Cc1cccc(C(F)(F)F)c1)CC(C)C(=O)O. The molecule has 0 fully saturated rings. The number of carbonyl (C=O) groups is 1. The van der Waals surface area contributed by atoms with Crippen molar-refractivity contribution in [2.45, 2.75) is 26.6 Å². The van der Waals surface area contributed by atoms with Crippen molar-refractivity contribution < 1.29 is 23.1 Å². The summed E-state index contributed by atoms with van der Waals surface area (Å²) in [6.07, 6.45) is -4.36. The van der Waals surface area contributed by atoms with Gasteiger partial charge >= 0.3 is 12.1 Å². The van der Waals surface area contributed by atoms with Gasteiger partial charge in [0.05, 0.1) is 11.5 Å². The van der Waals surface area contributed by atoms with Crippen LogP contribution in [-0.4, -0.2) is 29.1 Å². The molecular weight excluding hydrogens is 271 g/mol. The van der Waals surface area contributed by atoms with Crippen molar-refractivity contribution in [1.29, 1.82) is 0 Å². The molecule has 1 N–H and O–H groups in total. The third kappa shape index (κ3) is 4.85. The average Bonchev–Trinajstić information content (AvgIpc) is 2.37. The molecule has 0 amide bonds. The van der Waals surface area contributed by atoms with Crippen LogP contribution in [0.15, 0.2) is 24.3 Å². The lowest BCUT2D eigenvalue weighted by molar-refractivity contribution is -0.141. The van der Waals surface area contributed by atoms with Crippen molar-refractivity contribution >= 4 is 5.97 Å². The Morgan fingerprint density at radius 1 is 1.40 bits per heavy atom. The Morgan fingerprint density at radius 3 is 2.55 bits per heavy atom. The summed E-state index contributed by atoms with van der Waals surface area (Å²) in [7, 11) is 0. The number of hydrogen-bond acceptors (Lipinski definition) is 2. The molecule has 112 valence electrons. The fraction of sp³-hybridized carbons (Fsp3) is 0.500. The fourth-order valence-electron chi connectivity index (χ4n) is 1.88. The lowest BCUT2D eigenvalue weighted by Gasteiger charge is -2.23. The van der Waals surface area contributed by atoms with Crippen LogP contribution in [0.3, 0.4) is 0 Å². The fourth-order valence-corrected chi connectivity index (χ4v) is 1.88. The molecule has 0 aliphatic heterocycles. The second-order valence-corrected chi connectivity index (χ2v) is 4.77. The van der Waals surface area contributed by atoms with Crippen LogP contribution in [0.2, 0.25) is 0 Å². The predicted molar refractivity (Wildman–Crippen MR) is 69.2 cm³/mol. The number of nitrogens with zero attached hydrogens (tertiary/aromatic N) is 1. The molecule has 6 heteroatoms. The number of carboxylic acids is 1. The minimum atomic E-state index is -4.36. The maximum Gasteiger partial charge on any atom is 0.416 e. The van der Waals surface area contributed by atoms with Crippen molar-refractivity contribution in [2.75, 3.05) is 13.1 Å². The smallest absolute Gasteiger partial charge is 0.416 e. The second kappa shape index (κ2) is 6.74. The molecule has 0 aromatic heterocycles. The lowest BCUT2D eigenvalue weighted by atomic mass is 10.1. The van der Waals surface area contributed by atoms with Gasteiger partial charge in [-0.3, -0.25) is 9.69 Å². The van der Waals surface area contributed by atoms with E-state index in [1.807, 2.05) is 11.8 Å². The molecule has 20 heavy (non-hydrogen) atoms. The van der Waals surface area contributed by atoms with E-state index in [0.29, 0.717) is 25.2 Å². The highest BCUT2D eigenvalue weighted by Gasteiger charge is 2.30. The maximum atomic E-state index is 12.6. The summed E-state index contributed by atoms with van der Waals surface area (Å²) in [5, 5.41) is 8.87. The van der Waals surface area contributed by atoms with Gasteiger partial charge in [0, 0.05) is 13.1 Å². The summed E-state index contributed by atoms with van der Waals surface area (Å²) >= 11 is 0. The van der Waals surface area contributed by atoms with E-state index < -0.39 is 23.6 Å². The van der Waals surface area contributed by atoms with Gasteiger partial charge < -0.3 is 5.11 Å². The van der Waals surface area contributed by atoms with Crippen molar-refractivity contribution in [3.63, 3.8) is 0 Å². The monoisotopic (exact) mass is 289 g/mol. The molecule has 0 aliphatic carbocycles. The zero-order chi connectivity index (χ0) is 15.3. The molecule has 0 bridgehead atoms. The third-order valence-corrected chi connectivity index (χ3v) is 3.06. The number of halogens is 3. The van der Waals surface area contributed by atoms with Crippen molar-refractivity contribution in [3.05, 3.63) is 35.4 Å². The van der Waals surface area contributed by atoms with Gasteiger partial charge in [-0.05, 0) is 18.2 Å². The quantitative estimate of drug-likeness (QED) is 0.874. The number of carboxylic acid groups (broad SMARTS) is 1. The van der Waals surface area contributed by atoms with Crippen LogP contribution in [0.1, 0.15) is 25.0 Å². The standard InChI is InChI=1S/C14H18F3NO2/c1-3-18(8-10(2)13(19)20)9-11-5-4-6-12(7-11)14(15,16)17/h4-7,10H,3,8-9H2,1-2H3,(H,19,20). The van der Waals surface area contributed by atoms with E-state index in [-0.39, 0.29) is 0 Å². The van der Waals surface area contributed by atoms with Gasteiger partial charge in [0.2, 0.25) is 0 Å². The molecule has 1 atom stereocenters. The normalized spacial score (nSPS) is 13.5. The molecule has 3 nitrogen and oxygen atoms in total. The molecule has 0 radical (unpaired) electrons. The summed E-state index contributed by atoms with van der Waals surface area (Å²) < 4.78 is 37.8. The van der Waals surface area contributed by atoms with E-state index in [0.717, 1.165) is 12.1 Å². The number of hydrogen-bond donors (Lipinski definition) is 1. The summed E-state index contributed by atoms with van der Waals surface area (Å²) in [5.41, 5.74) is -0.156. The van der Waals surface area contributed by atoms with E-state index in [2.05, 4.69) is 0 Å². The van der Waals surface area contributed by atoms with Crippen LogP contribution in [0.25, 0.3) is 0 Å². The van der Waals surface area contributed by atoms with Crippen LogP contribution < -0.4 is 0 Å². The van der Waals surface area contributed by atoms with Gasteiger partial charge in [0.1, 0.15) is 0 Å². The summed E-state index contributed by atoms with van der Waals surface area (Å²) in [6, 6.07) is 5.11. The van der Waals surface area contributed by atoms with Crippen molar-refractivity contribution in [3.8, 4) is 0 Å². The van der Waals surface area contributed by atoms with Crippen molar-refractivity contribution in [2.24, 2.45) is 5.92 Å². The molecular formula is C14H18F3NO2. The Balaban J connectivity index is 2.78. The van der Waals surface area contributed by atoms with E-state index >= 15 is 0 Å². The zero-order valence-electron chi connectivity index (χ0n) is 11.4. The Labute approximate surface area is 116 Å². The molecule has 0 spiro atoms. The minimum absolute atomic E-state index is 0.304. The van der Waals surface area contributed by atoms with E-state index in [1.165, 1.54) is 6.07 Å². The predicted octanol–water partition coefficient (Wildman–Crippen LogP) is 3.25. The van der Waals surface area contributed by atoms with E-state index in [1.54, 1.807) is 13.0 Å². The molecule has 1 aromatic carbocycles. The first-order chi connectivity index (χ1) is 9.24. The molecule has 1 unspecified atom stereocenters. The molecule has 0 heterocycles. The average molecular weight is 289 g/mol. The van der Waals surface area contributed by atoms with Gasteiger partial charge in [0.15, 0.2) is 0 Å². The number of aliphatic carboxylic acids is 1. The highest BCUT2D eigenvalue weighted by atomic mass is 19.4. The second-order valence-electron chi connectivity index (χ2n) is 4.77. The first-order valence-corrected chi connectivity index (χ1v) is 6.35. The number of rotatable bonds is 6. The largest absolute Gasteiger partial charge is 0.481 e. The molecule has 0 saturated carbocycles. The third-order valence-electron chi connectivity index (χ3n) is 3.06. The Bertz CT molecular complexity index is 460. The molecule has 1 aromatic rings. The first kappa shape index (κ1) is 16.5. The van der Waals surface area contributed by atoms with E-state index in [9.17, 15) is 18.0 Å². The maximum absolute atomic E-state index is 12.6. The van der Waals surface area contributed by atoms with E-state index in [4.69, 9.17) is 5.11 Å². The lowest BCUT2D eigenvalue weighted by Crippen LogP contribution is -2.31. The van der Waals surface area contributed by atoms with Crippen LogP contribution in [0, 0.1) is 5.92 Å². The topological polar surface area (TPSA) is 40.5 Å². The summed E-state index contributed by atoms with van der Waals surface area (Å²) in [5.74, 6) is -1.46. The summed E-state index contributed by atoms with van der Waals surface area (Å²) in [4.78, 5) is 12.6. The first-order valence-electron chi connectivity index (χ1n) is 6.35. The minimum Gasteiger partial charge on any atom is -0.481 e. The number of benzene rings is 1. The Kier molecular flexibility index (Phi) is 5.56. The summed E-state index contributed by atoms with van der Waals surface area (Å²) in [6.45, 7) is 4.62. The van der Waals surface area contributed by atoms with Gasteiger partial charge in [-0.2, -0.15) is 13.2 Å². The van der Waals surface area contributed by atoms with Gasteiger partial charge in [-0.15, -0.1) is 0 Å². The Hall–Kier alpha value is -1.56. The Morgan fingerprint density at radius 2 is 2.05 bits per heavy atom. The van der Waals surface area contributed by atoms with Gasteiger partial charge in [0.25, 0.3) is 0 Å². The van der Waals surface area contributed by atoms with Crippen LogP contribution >= 0.6 is 0 Å². The van der Waals surface area contributed by atoms with Gasteiger partial charge in [-0.1, -0.05) is 32.0 Å². The van der Waals surface area contributed by atoms with Gasteiger partial charge in [-0.25, -0.2) is 0 Å². The molecule has 0 aliphatic rings. The highest BCUT2D eigenvalue weighted by molar-refractivity contribution is 5.69. The highest BCUT2D eigenvalue weighted by Crippen LogP contribution is 2.29. The molecule has 0 saturated heterocycles. The van der Waals surface area contributed by atoms with Crippen LogP contribution in [-0.2, 0) is 17.5 Å². The number of alkyl halides is 3. The van der Waals surface area contributed by atoms with Crippen LogP contribution in [0.4, 0.5) is 13.2 Å². The van der Waals surface area contributed by atoms with Crippen molar-refractivity contribution in [1.82, 2.24) is 4.90 Å². The van der Waals surface area contributed by atoms with Crippen LogP contribution in [0.5, 0.6) is 0 Å². The molecule has 1 rings (SSSR count). The zero-order valence-corrected chi connectivity index (χ0v) is 11.4.